The van der Waals surface area contributed by atoms with E-state index in [4.69, 9.17) is 9.15 Å². The van der Waals surface area contributed by atoms with Crippen molar-refractivity contribution in [3.63, 3.8) is 0 Å². The molecule has 2 aliphatic heterocycles. The first kappa shape index (κ1) is 21.6. The summed E-state index contributed by atoms with van der Waals surface area (Å²) in [4.78, 5) is 28.5. The molecule has 3 heterocycles. The molecule has 0 saturated carbocycles. The number of hydrogen-bond donors (Lipinski definition) is 0. The quantitative estimate of drug-likeness (QED) is 0.539. The lowest BCUT2D eigenvalue weighted by molar-refractivity contribution is -0.000357. The molecular formula is C25H26ClNO4. The van der Waals surface area contributed by atoms with E-state index in [1.54, 1.807) is 25.1 Å². The molecule has 0 spiro atoms. The fourth-order valence-corrected chi connectivity index (χ4v) is 5.01. The molecule has 2 aromatic carbocycles. The molecule has 2 fully saturated rings. The van der Waals surface area contributed by atoms with E-state index in [2.05, 4.69) is 11.9 Å². The molecule has 5 rings (SSSR count). The van der Waals surface area contributed by atoms with Crippen molar-refractivity contribution in [2.75, 3.05) is 7.05 Å². The first-order chi connectivity index (χ1) is 14.5. The number of carbonyl (C=O) groups excluding carboxylic acids is 1. The third-order valence-electron chi connectivity index (χ3n) is 6.73. The van der Waals surface area contributed by atoms with Crippen LogP contribution in [-0.4, -0.2) is 36.1 Å². The van der Waals surface area contributed by atoms with Gasteiger partial charge in [0.1, 0.15) is 17.4 Å². The lowest BCUT2D eigenvalue weighted by Crippen LogP contribution is -2.43. The zero-order chi connectivity index (χ0) is 20.8. The maximum atomic E-state index is 13.1. The van der Waals surface area contributed by atoms with E-state index < -0.39 is 5.97 Å². The molecule has 2 unspecified atom stereocenters. The van der Waals surface area contributed by atoms with Gasteiger partial charge in [0, 0.05) is 36.1 Å². The van der Waals surface area contributed by atoms with E-state index in [9.17, 15) is 9.59 Å². The number of halogens is 1. The second-order valence-electron chi connectivity index (χ2n) is 8.48. The Labute approximate surface area is 187 Å². The number of fused-ring (bicyclic) bond motifs is 3. The van der Waals surface area contributed by atoms with Gasteiger partial charge in [-0.3, -0.25) is 4.79 Å². The number of piperidine rings is 1. The molecule has 2 bridgehead atoms. The molecular weight excluding hydrogens is 414 g/mol. The van der Waals surface area contributed by atoms with E-state index in [0.717, 1.165) is 31.2 Å². The van der Waals surface area contributed by atoms with Gasteiger partial charge in [-0.15, -0.1) is 12.4 Å². The third-order valence-corrected chi connectivity index (χ3v) is 6.73. The van der Waals surface area contributed by atoms with Crippen LogP contribution in [0.3, 0.4) is 0 Å². The van der Waals surface area contributed by atoms with E-state index in [-0.39, 0.29) is 23.9 Å². The summed E-state index contributed by atoms with van der Waals surface area (Å²) in [6.07, 6.45) is 3.96. The zero-order valence-electron chi connectivity index (χ0n) is 17.7. The predicted molar refractivity (Wildman–Crippen MR) is 123 cm³/mol. The van der Waals surface area contributed by atoms with Crippen molar-refractivity contribution < 1.29 is 13.9 Å². The zero-order valence-corrected chi connectivity index (χ0v) is 18.5. The number of ether oxygens (including phenoxy) is 1. The van der Waals surface area contributed by atoms with Gasteiger partial charge in [-0.2, -0.15) is 0 Å². The van der Waals surface area contributed by atoms with Gasteiger partial charge in [-0.25, -0.2) is 4.79 Å². The molecule has 5 nitrogen and oxygen atoms in total. The highest BCUT2D eigenvalue weighted by atomic mass is 35.5. The molecule has 31 heavy (non-hydrogen) atoms. The molecule has 0 aliphatic carbocycles. The summed E-state index contributed by atoms with van der Waals surface area (Å²) in [5.74, 6) is 0.0752. The van der Waals surface area contributed by atoms with Crippen molar-refractivity contribution in [1.82, 2.24) is 4.90 Å². The van der Waals surface area contributed by atoms with Gasteiger partial charge in [0.2, 0.25) is 0 Å². The lowest BCUT2D eigenvalue weighted by Gasteiger charge is -2.35. The van der Waals surface area contributed by atoms with Gasteiger partial charge < -0.3 is 14.1 Å². The second-order valence-corrected chi connectivity index (χ2v) is 8.48. The number of esters is 1. The van der Waals surface area contributed by atoms with Gasteiger partial charge >= 0.3 is 5.97 Å². The summed E-state index contributed by atoms with van der Waals surface area (Å²) in [6, 6.07) is 15.6. The average molecular weight is 440 g/mol. The molecule has 2 aliphatic rings. The van der Waals surface area contributed by atoms with Gasteiger partial charge in [-0.1, -0.05) is 36.4 Å². The highest BCUT2D eigenvalue weighted by Gasteiger charge is 2.40. The molecule has 0 amide bonds. The van der Waals surface area contributed by atoms with Gasteiger partial charge in [-0.05, 0) is 38.9 Å². The smallest absolute Gasteiger partial charge is 0.342 e. The second kappa shape index (κ2) is 8.48. The standard InChI is InChI=1S/C25H25NO4.ClH/c1-15-22(27)20-9-6-10-21(24(20)30-23(15)16-7-4-3-5-8-16)25(28)29-19-13-17-11-12-18(14-19)26(17)2;/h3-10,17-19H,11-14H2,1-2H3;1H. The van der Waals surface area contributed by atoms with Crippen LogP contribution < -0.4 is 5.43 Å². The Morgan fingerprint density at radius 2 is 1.71 bits per heavy atom. The van der Waals surface area contributed by atoms with Gasteiger partial charge in [0.15, 0.2) is 11.0 Å². The minimum absolute atomic E-state index is 0. The van der Waals surface area contributed by atoms with Crippen LogP contribution in [0.5, 0.6) is 0 Å². The van der Waals surface area contributed by atoms with Crippen LogP contribution in [0, 0.1) is 6.92 Å². The van der Waals surface area contributed by atoms with Crippen LogP contribution >= 0.6 is 12.4 Å². The topological polar surface area (TPSA) is 59.8 Å². The normalized spacial score (nSPS) is 22.8. The van der Waals surface area contributed by atoms with Crippen LogP contribution in [-0.2, 0) is 4.74 Å². The molecule has 3 aromatic rings. The van der Waals surface area contributed by atoms with Gasteiger partial charge in [0.25, 0.3) is 0 Å². The molecule has 0 radical (unpaired) electrons. The van der Waals surface area contributed by atoms with Crippen LogP contribution in [0.25, 0.3) is 22.3 Å². The van der Waals surface area contributed by atoms with Gasteiger partial charge in [0.05, 0.1) is 5.39 Å². The Morgan fingerprint density at radius 3 is 2.39 bits per heavy atom. The maximum absolute atomic E-state index is 13.1. The number of rotatable bonds is 3. The molecule has 162 valence electrons. The Hall–Kier alpha value is -2.63. The Bertz CT molecular complexity index is 1160. The highest BCUT2D eigenvalue weighted by Crippen LogP contribution is 2.36. The minimum Gasteiger partial charge on any atom is -0.459 e. The summed E-state index contributed by atoms with van der Waals surface area (Å²) in [7, 11) is 2.16. The van der Waals surface area contributed by atoms with E-state index in [1.165, 1.54) is 0 Å². The number of carbonyl (C=O) groups is 1. The van der Waals surface area contributed by atoms with Crippen molar-refractivity contribution in [3.8, 4) is 11.3 Å². The number of nitrogens with zero attached hydrogens (tertiary/aromatic N) is 1. The lowest BCUT2D eigenvalue weighted by atomic mass is 10.0. The molecule has 6 heteroatoms. The third kappa shape index (κ3) is 3.77. The monoisotopic (exact) mass is 439 g/mol. The minimum atomic E-state index is -0.416. The first-order valence-corrected chi connectivity index (χ1v) is 10.6. The maximum Gasteiger partial charge on any atom is 0.342 e. The average Bonchev–Trinajstić information content (AvgIpc) is 2.97. The predicted octanol–water partition coefficient (Wildman–Crippen LogP) is 4.97. The first-order valence-electron chi connectivity index (χ1n) is 10.6. The Kier molecular flexibility index (Phi) is 5.91. The molecule has 1 aromatic heterocycles. The summed E-state index contributed by atoms with van der Waals surface area (Å²) in [6.45, 7) is 1.76. The van der Waals surface area contributed by atoms with E-state index in [1.807, 2.05) is 30.3 Å². The molecule has 2 atom stereocenters. The van der Waals surface area contributed by atoms with Crippen LogP contribution in [0.4, 0.5) is 0 Å². The fourth-order valence-electron chi connectivity index (χ4n) is 5.01. The summed E-state index contributed by atoms with van der Waals surface area (Å²) >= 11 is 0. The van der Waals surface area contributed by atoms with E-state index >= 15 is 0 Å². The Balaban J connectivity index is 0.00000231. The van der Waals surface area contributed by atoms with Crippen LogP contribution in [0.2, 0.25) is 0 Å². The van der Waals surface area contributed by atoms with Crippen molar-refractivity contribution in [3.05, 3.63) is 69.9 Å². The van der Waals surface area contributed by atoms with Crippen LogP contribution in [0.1, 0.15) is 41.6 Å². The SMILES string of the molecule is Cc1c(-c2ccccc2)oc2c(C(=O)OC3CC4CCC(C3)N4C)cccc2c1=O.Cl. The van der Waals surface area contributed by atoms with E-state index in [0.29, 0.717) is 39.9 Å². The Morgan fingerprint density at radius 1 is 1.03 bits per heavy atom. The molecule has 2 saturated heterocycles. The molecule has 0 N–H and O–H groups in total. The van der Waals surface area contributed by atoms with Crippen molar-refractivity contribution in [2.24, 2.45) is 0 Å². The largest absolute Gasteiger partial charge is 0.459 e. The number of para-hydroxylation sites is 1. The summed E-state index contributed by atoms with van der Waals surface area (Å²) in [5, 5.41) is 0.407. The highest BCUT2D eigenvalue weighted by molar-refractivity contribution is 6.02. The van der Waals surface area contributed by atoms with Crippen LogP contribution in [0.15, 0.2) is 57.7 Å². The van der Waals surface area contributed by atoms with Crippen molar-refractivity contribution in [2.45, 2.75) is 50.8 Å². The van der Waals surface area contributed by atoms with Crippen molar-refractivity contribution in [1.29, 1.82) is 0 Å². The summed E-state index contributed by atoms with van der Waals surface area (Å²) in [5.41, 5.74) is 1.83. The number of hydrogen-bond acceptors (Lipinski definition) is 5. The fraction of sp³-hybridized carbons (Fsp3) is 0.360. The van der Waals surface area contributed by atoms with Crippen molar-refractivity contribution >= 4 is 29.3 Å². The number of benzene rings is 2. The summed E-state index contributed by atoms with van der Waals surface area (Å²) < 4.78 is 12.1.